The van der Waals surface area contributed by atoms with Gasteiger partial charge < -0.3 is 5.11 Å². The smallest absolute Gasteiger partial charge is 0.306 e. The van der Waals surface area contributed by atoms with Gasteiger partial charge in [-0.05, 0) is 24.7 Å². The Balaban J connectivity index is 2.49. The molecular weight excluding hydrogens is 268 g/mol. The summed E-state index contributed by atoms with van der Waals surface area (Å²) in [6, 6.07) is 0. The lowest BCUT2D eigenvalue weighted by Gasteiger charge is -2.34. The average Bonchev–Trinajstić information content (AvgIpc) is 2.27. The molecule has 1 aliphatic rings. The zero-order chi connectivity index (χ0) is 14.6. The Morgan fingerprint density at radius 1 is 1.37 bits per heavy atom. The highest BCUT2D eigenvalue weighted by Gasteiger charge is 2.30. The van der Waals surface area contributed by atoms with Crippen LogP contribution in [0.4, 0.5) is 0 Å². The van der Waals surface area contributed by atoms with Gasteiger partial charge in [0.05, 0.1) is 5.92 Å². The van der Waals surface area contributed by atoms with Crippen molar-refractivity contribution in [2.24, 2.45) is 17.8 Å². The second-order valence-corrected chi connectivity index (χ2v) is 7.45. The van der Waals surface area contributed by atoms with Gasteiger partial charge >= 0.3 is 5.97 Å². The van der Waals surface area contributed by atoms with Crippen LogP contribution < -0.4 is 4.72 Å². The van der Waals surface area contributed by atoms with Crippen molar-refractivity contribution in [3.8, 4) is 0 Å². The molecule has 7 heteroatoms. The highest BCUT2D eigenvalue weighted by molar-refractivity contribution is 7.87. The Morgan fingerprint density at radius 2 is 1.89 bits per heavy atom. The summed E-state index contributed by atoms with van der Waals surface area (Å²) in [4.78, 5) is 10.7. The summed E-state index contributed by atoms with van der Waals surface area (Å²) in [5.74, 6) is -0.724. The van der Waals surface area contributed by atoms with Crippen molar-refractivity contribution in [3.05, 3.63) is 0 Å². The predicted octanol–water partition coefficient (Wildman–Crippen LogP) is 0.909. The average molecular weight is 292 g/mol. The highest BCUT2D eigenvalue weighted by Crippen LogP contribution is 2.22. The highest BCUT2D eigenvalue weighted by atomic mass is 32.2. The number of nitrogens with one attached hydrogen (secondary N) is 1. The molecule has 3 atom stereocenters. The summed E-state index contributed by atoms with van der Waals surface area (Å²) in [6.07, 6.45) is 1.34. The number of hydrogen-bond donors (Lipinski definition) is 2. The molecule has 1 heterocycles. The molecule has 0 aromatic carbocycles. The standard InChI is InChI=1S/C12H24N2O4S/c1-9-6-10(2)8-14(7-9)19(17,18)13-5-4-11(3)12(15)16/h9-11,13H,4-8H2,1-3H3,(H,15,16). The molecule has 112 valence electrons. The quantitative estimate of drug-likeness (QED) is 0.762. The Bertz CT molecular complexity index is 400. The van der Waals surface area contributed by atoms with Crippen LogP contribution in [0.3, 0.4) is 0 Å². The molecule has 0 aromatic heterocycles. The van der Waals surface area contributed by atoms with Crippen molar-refractivity contribution >= 4 is 16.2 Å². The number of carbonyl (C=O) groups is 1. The van der Waals surface area contributed by atoms with E-state index < -0.39 is 22.1 Å². The molecule has 1 fully saturated rings. The van der Waals surface area contributed by atoms with Crippen LogP contribution in [0.15, 0.2) is 0 Å². The van der Waals surface area contributed by atoms with Gasteiger partial charge in [0.1, 0.15) is 0 Å². The summed E-state index contributed by atoms with van der Waals surface area (Å²) in [5.41, 5.74) is 0. The summed E-state index contributed by atoms with van der Waals surface area (Å²) in [6.45, 7) is 6.90. The fourth-order valence-electron chi connectivity index (χ4n) is 2.42. The fourth-order valence-corrected chi connectivity index (χ4v) is 3.88. The van der Waals surface area contributed by atoms with Crippen molar-refractivity contribution in [3.63, 3.8) is 0 Å². The summed E-state index contributed by atoms with van der Waals surface area (Å²) in [7, 11) is -3.48. The van der Waals surface area contributed by atoms with Gasteiger partial charge in [-0.15, -0.1) is 0 Å². The third kappa shape index (κ3) is 5.08. The second kappa shape index (κ2) is 6.67. The van der Waals surface area contributed by atoms with Crippen LogP contribution in [0, 0.1) is 17.8 Å². The van der Waals surface area contributed by atoms with E-state index in [4.69, 9.17) is 5.11 Å². The predicted molar refractivity (Wildman–Crippen MR) is 72.9 cm³/mol. The van der Waals surface area contributed by atoms with Crippen LogP contribution >= 0.6 is 0 Å². The van der Waals surface area contributed by atoms with Crippen molar-refractivity contribution in [2.45, 2.75) is 33.6 Å². The molecule has 0 spiro atoms. The number of piperidine rings is 1. The van der Waals surface area contributed by atoms with Crippen LogP contribution in [0.1, 0.15) is 33.6 Å². The van der Waals surface area contributed by atoms with Gasteiger partial charge in [-0.2, -0.15) is 12.7 Å². The van der Waals surface area contributed by atoms with Crippen molar-refractivity contribution in [1.29, 1.82) is 0 Å². The second-order valence-electron chi connectivity index (χ2n) is 5.69. The molecule has 0 bridgehead atoms. The maximum Gasteiger partial charge on any atom is 0.306 e. The molecular formula is C12H24N2O4S. The minimum Gasteiger partial charge on any atom is -0.481 e. The minimum atomic E-state index is -3.48. The number of carboxylic acids is 1. The van der Waals surface area contributed by atoms with Gasteiger partial charge in [0.15, 0.2) is 0 Å². The van der Waals surface area contributed by atoms with Crippen LogP contribution in [0.2, 0.25) is 0 Å². The van der Waals surface area contributed by atoms with Crippen LogP contribution in [0.5, 0.6) is 0 Å². The zero-order valence-electron chi connectivity index (χ0n) is 11.8. The molecule has 19 heavy (non-hydrogen) atoms. The van der Waals surface area contributed by atoms with Crippen LogP contribution in [0.25, 0.3) is 0 Å². The minimum absolute atomic E-state index is 0.162. The van der Waals surface area contributed by atoms with E-state index >= 15 is 0 Å². The Labute approximate surface area is 115 Å². The number of rotatable bonds is 6. The number of nitrogens with zero attached hydrogens (tertiary/aromatic N) is 1. The molecule has 1 rings (SSSR count). The Hall–Kier alpha value is -0.660. The third-order valence-electron chi connectivity index (χ3n) is 3.46. The summed E-state index contributed by atoms with van der Waals surface area (Å²) in [5, 5.41) is 8.74. The van der Waals surface area contributed by atoms with Crippen LogP contribution in [-0.4, -0.2) is 43.4 Å². The number of hydrogen-bond acceptors (Lipinski definition) is 3. The third-order valence-corrected chi connectivity index (χ3v) is 5.01. The lowest BCUT2D eigenvalue weighted by Crippen LogP contribution is -2.48. The van der Waals surface area contributed by atoms with Gasteiger partial charge in [0.25, 0.3) is 10.2 Å². The van der Waals surface area contributed by atoms with Gasteiger partial charge in [0.2, 0.25) is 0 Å². The van der Waals surface area contributed by atoms with Gasteiger partial charge in [-0.1, -0.05) is 20.8 Å². The zero-order valence-corrected chi connectivity index (χ0v) is 12.6. The molecule has 0 aliphatic carbocycles. The van der Waals surface area contributed by atoms with Gasteiger partial charge in [-0.25, -0.2) is 4.72 Å². The van der Waals surface area contributed by atoms with E-state index in [1.165, 1.54) is 4.31 Å². The molecule has 0 amide bonds. The van der Waals surface area contributed by atoms with E-state index in [2.05, 4.69) is 4.72 Å². The lowest BCUT2D eigenvalue weighted by atomic mass is 9.94. The van der Waals surface area contributed by atoms with E-state index in [9.17, 15) is 13.2 Å². The molecule has 3 unspecified atom stereocenters. The van der Waals surface area contributed by atoms with E-state index in [1.807, 2.05) is 13.8 Å². The van der Waals surface area contributed by atoms with Gasteiger partial charge in [0, 0.05) is 19.6 Å². The summed E-state index contributed by atoms with van der Waals surface area (Å²) >= 11 is 0. The van der Waals surface area contributed by atoms with E-state index in [0.717, 1.165) is 6.42 Å². The summed E-state index contributed by atoms with van der Waals surface area (Å²) < 4.78 is 28.2. The molecule has 1 aliphatic heterocycles. The Kier molecular flexibility index (Phi) is 5.76. The fraction of sp³-hybridized carbons (Fsp3) is 0.917. The van der Waals surface area contributed by atoms with E-state index in [0.29, 0.717) is 31.3 Å². The topological polar surface area (TPSA) is 86.7 Å². The van der Waals surface area contributed by atoms with Crippen molar-refractivity contribution in [2.75, 3.05) is 19.6 Å². The molecule has 0 aromatic rings. The number of carboxylic acid groups (broad SMARTS) is 1. The maximum atomic E-state index is 12.1. The first-order chi connectivity index (χ1) is 8.72. The molecule has 1 saturated heterocycles. The monoisotopic (exact) mass is 292 g/mol. The Morgan fingerprint density at radius 3 is 2.37 bits per heavy atom. The molecule has 0 radical (unpaired) electrons. The largest absolute Gasteiger partial charge is 0.481 e. The maximum absolute atomic E-state index is 12.1. The lowest BCUT2D eigenvalue weighted by molar-refractivity contribution is -0.141. The van der Waals surface area contributed by atoms with Crippen molar-refractivity contribution in [1.82, 2.24) is 9.03 Å². The van der Waals surface area contributed by atoms with E-state index in [1.54, 1.807) is 6.92 Å². The normalized spacial score (nSPS) is 27.1. The van der Waals surface area contributed by atoms with Crippen LogP contribution in [-0.2, 0) is 15.0 Å². The molecule has 0 saturated carbocycles. The molecule has 2 N–H and O–H groups in total. The number of aliphatic carboxylic acids is 1. The van der Waals surface area contributed by atoms with Gasteiger partial charge in [-0.3, -0.25) is 4.79 Å². The SMILES string of the molecule is CC1CC(C)CN(S(=O)(=O)NCCC(C)C(=O)O)C1. The van der Waals surface area contributed by atoms with Crippen molar-refractivity contribution < 1.29 is 18.3 Å². The molecule has 6 nitrogen and oxygen atoms in total. The van der Waals surface area contributed by atoms with E-state index in [-0.39, 0.29) is 6.54 Å². The first-order valence-corrected chi connectivity index (χ1v) is 8.14. The first kappa shape index (κ1) is 16.4. The first-order valence-electron chi connectivity index (χ1n) is 6.70.